The van der Waals surface area contributed by atoms with Crippen LogP contribution in [0.25, 0.3) is 0 Å². The molecule has 11 heteroatoms. The standard InChI is InChI=1S/C23H29N7O3S/c1-3-32-21(31)19-15(2)25-23(34-19)28-22-26-18-14-29(13-16-5-4-12-33-16)9-6-17(18)20(27-22)30-10-7-24-8-11-30/h4-5,12,24H,3,6-11,13-14H2,1-2H3,(H,25,26,27,28). The molecule has 34 heavy (non-hydrogen) atoms. The van der Waals surface area contributed by atoms with Gasteiger partial charge in [0.15, 0.2) is 5.13 Å². The second kappa shape index (κ2) is 10.1. The van der Waals surface area contributed by atoms with Crippen LogP contribution in [0.3, 0.4) is 0 Å². The van der Waals surface area contributed by atoms with E-state index < -0.39 is 0 Å². The molecule has 0 spiro atoms. The molecule has 0 bridgehead atoms. The van der Waals surface area contributed by atoms with Crippen LogP contribution in [0.15, 0.2) is 22.8 Å². The zero-order chi connectivity index (χ0) is 23.5. The van der Waals surface area contributed by atoms with E-state index in [1.807, 2.05) is 12.1 Å². The summed E-state index contributed by atoms with van der Waals surface area (Å²) in [5.74, 6) is 2.08. The number of piperazine rings is 1. The lowest BCUT2D eigenvalue weighted by Gasteiger charge is -2.34. The number of aromatic nitrogens is 3. The minimum Gasteiger partial charge on any atom is -0.468 e. The van der Waals surface area contributed by atoms with E-state index in [9.17, 15) is 4.79 Å². The number of ether oxygens (including phenoxy) is 1. The molecule has 0 atom stereocenters. The molecule has 1 saturated heterocycles. The second-order valence-corrected chi connectivity index (χ2v) is 9.35. The average molecular weight is 484 g/mol. The summed E-state index contributed by atoms with van der Waals surface area (Å²) in [6.07, 6.45) is 2.60. The van der Waals surface area contributed by atoms with Gasteiger partial charge >= 0.3 is 5.97 Å². The van der Waals surface area contributed by atoms with Crippen molar-refractivity contribution in [3.8, 4) is 0 Å². The summed E-state index contributed by atoms with van der Waals surface area (Å²) in [4.78, 5) is 31.7. The Balaban J connectivity index is 1.43. The molecule has 2 aliphatic heterocycles. The molecule has 0 aromatic carbocycles. The third-order valence-corrected chi connectivity index (χ3v) is 7.03. The molecule has 0 saturated carbocycles. The first-order valence-corrected chi connectivity index (χ1v) is 12.4. The van der Waals surface area contributed by atoms with Gasteiger partial charge in [-0.1, -0.05) is 11.3 Å². The first-order valence-electron chi connectivity index (χ1n) is 11.6. The van der Waals surface area contributed by atoms with Crippen molar-refractivity contribution in [2.75, 3.05) is 49.5 Å². The van der Waals surface area contributed by atoms with Gasteiger partial charge in [0, 0.05) is 44.8 Å². The summed E-state index contributed by atoms with van der Waals surface area (Å²) < 4.78 is 10.7. The molecule has 2 N–H and O–H groups in total. The van der Waals surface area contributed by atoms with Gasteiger partial charge in [0.1, 0.15) is 16.5 Å². The fourth-order valence-electron chi connectivity index (χ4n) is 4.35. The van der Waals surface area contributed by atoms with Crippen molar-refractivity contribution in [2.24, 2.45) is 0 Å². The number of thiazole rings is 1. The SMILES string of the molecule is CCOC(=O)c1sc(Nc2nc3c(c(N4CCNCC4)n2)CCN(Cc2ccco2)C3)nc1C. The molecular weight excluding hydrogens is 454 g/mol. The lowest BCUT2D eigenvalue weighted by molar-refractivity contribution is 0.0531. The summed E-state index contributed by atoms with van der Waals surface area (Å²) in [7, 11) is 0. The van der Waals surface area contributed by atoms with Crippen LogP contribution in [0.5, 0.6) is 0 Å². The highest BCUT2D eigenvalue weighted by molar-refractivity contribution is 7.17. The van der Waals surface area contributed by atoms with Crippen molar-refractivity contribution in [3.63, 3.8) is 0 Å². The maximum absolute atomic E-state index is 12.2. The number of aryl methyl sites for hydroxylation is 1. The number of carbonyl (C=O) groups is 1. The number of nitrogens with one attached hydrogen (secondary N) is 2. The predicted molar refractivity (Wildman–Crippen MR) is 130 cm³/mol. The van der Waals surface area contributed by atoms with E-state index in [1.54, 1.807) is 20.1 Å². The number of carbonyl (C=O) groups excluding carboxylic acids is 1. The molecule has 0 radical (unpaired) electrons. The Morgan fingerprint density at radius 3 is 2.88 bits per heavy atom. The maximum atomic E-state index is 12.2. The number of furan rings is 1. The third kappa shape index (κ3) is 4.91. The van der Waals surface area contributed by atoms with Crippen LogP contribution in [0.4, 0.5) is 16.9 Å². The normalized spacial score (nSPS) is 16.4. The van der Waals surface area contributed by atoms with Gasteiger partial charge in [-0.05, 0) is 32.4 Å². The van der Waals surface area contributed by atoms with Gasteiger partial charge in [-0.15, -0.1) is 0 Å². The maximum Gasteiger partial charge on any atom is 0.350 e. The highest BCUT2D eigenvalue weighted by Crippen LogP contribution is 2.31. The van der Waals surface area contributed by atoms with Crippen LogP contribution in [0, 0.1) is 6.92 Å². The fraction of sp³-hybridized carbons (Fsp3) is 0.478. The Labute approximate surface area is 202 Å². The van der Waals surface area contributed by atoms with E-state index in [0.717, 1.165) is 69.5 Å². The molecule has 5 heterocycles. The first-order chi connectivity index (χ1) is 16.6. The van der Waals surface area contributed by atoms with Gasteiger partial charge in [-0.25, -0.2) is 14.8 Å². The highest BCUT2D eigenvalue weighted by atomic mass is 32.1. The summed E-state index contributed by atoms with van der Waals surface area (Å²) in [6.45, 7) is 9.99. The van der Waals surface area contributed by atoms with Crippen LogP contribution in [-0.2, 0) is 24.2 Å². The van der Waals surface area contributed by atoms with Gasteiger partial charge in [0.25, 0.3) is 0 Å². The van der Waals surface area contributed by atoms with Crippen molar-refractivity contribution in [3.05, 3.63) is 46.0 Å². The minimum atomic E-state index is -0.355. The van der Waals surface area contributed by atoms with Crippen LogP contribution in [-0.4, -0.2) is 65.2 Å². The fourth-order valence-corrected chi connectivity index (χ4v) is 5.20. The molecule has 1 fully saturated rings. The summed E-state index contributed by atoms with van der Waals surface area (Å²) in [6, 6.07) is 3.92. The minimum absolute atomic E-state index is 0.329. The second-order valence-electron chi connectivity index (χ2n) is 8.35. The van der Waals surface area contributed by atoms with Gasteiger partial charge < -0.3 is 19.4 Å². The number of hydrogen-bond donors (Lipinski definition) is 2. The van der Waals surface area contributed by atoms with Gasteiger partial charge in [-0.3, -0.25) is 10.2 Å². The number of fused-ring (bicyclic) bond motifs is 1. The largest absolute Gasteiger partial charge is 0.468 e. The lowest BCUT2D eigenvalue weighted by Crippen LogP contribution is -2.45. The Bertz CT molecular complexity index is 1140. The summed E-state index contributed by atoms with van der Waals surface area (Å²) >= 11 is 1.26. The molecule has 10 nitrogen and oxygen atoms in total. The van der Waals surface area contributed by atoms with E-state index in [-0.39, 0.29) is 5.97 Å². The van der Waals surface area contributed by atoms with E-state index in [0.29, 0.717) is 28.3 Å². The van der Waals surface area contributed by atoms with E-state index in [2.05, 4.69) is 25.4 Å². The van der Waals surface area contributed by atoms with Crippen molar-refractivity contribution >= 4 is 34.2 Å². The molecule has 0 amide bonds. The van der Waals surface area contributed by atoms with E-state index in [4.69, 9.17) is 19.1 Å². The van der Waals surface area contributed by atoms with Gasteiger partial charge in [0.05, 0.1) is 30.8 Å². The van der Waals surface area contributed by atoms with Crippen LogP contribution in [0.1, 0.15) is 39.3 Å². The monoisotopic (exact) mass is 483 g/mol. The van der Waals surface area contributed by atoms with Crippen molar-refractivity contribution in [1.82, 2.24) is 25.2 Å². The van der Waals surface area contributed by atoms with Crippen molar-refractivity contribution < 1.29 is 13.9 Å². The zero-order valence-electron chi connectivity index (χ0n) is 19.5. The first kappa shape index (κ1) is 22.8. The van der Waals surface area contributed by atoms with E-state index >= 15 is 0 Å². The molecular formula is C23H29N7O3S. The molecule has 3 aromatic rings. The number of rotatable bonds is 7. The Morgan fingerprint density at radius 1 is 1.26 bits per heavy atom. The molecule has 5 rings (SSSR count). The highest BCUT2D eigenvalue weighted by Gasteiger charge is 2.27. The van der Waals surface area contributed by atoms with Crippen LogP contribution < -0.4 is 15.5 Å². The van der Waals surface area contributed by atoms with Gasteiger partial charge in [-0.2, -0.15) is 4.98 Å². The Kier molecular flexibility index (Phi) is 6.75. The number of esters is 1. The summed E-state index contributed by atoms with van der Waals surface area (Å²) in [5.41, 5.74) is 2.87. The predicted octanol–water partition coefficient (Wildman–Crippen LogP) is 2.72. The van der Waals surface area contributed by atoms with Gasteiger partial charge in [0.2, 0.25) is 5.95 Å². The Morgan fingerprint density at radius 2 is 2.12 bits per heavy atom. The van der Waals surface area contributed by atoms with E-state index in [1.165, 1.54) is 16.9 Å². The molecule has 0 aliphatic carbocycles. The van der Waals surface area contributed by atoms with Crippen LogP contribution in [0.2, 0.25) is 0 Å². The molecule has 180 valence electrons. The summed E-state index contributed by atoms with van der Waals surface area (Å²) in [5, 5.41) is 7.24. The topological polar surface area (TPSA) is 109 Å². The number of hydrogen-bond acceptors (Lipinski definition) is 11. The third-order valence-electron chi connectivity index (χ3n) is 5.97. The van der Waals surface area contributed by atoms with Crippen LogP contribution >= 0.6 is 11.3 Å². The number of nitrogens with zero attached hydrogens (tertiary/aromatic N) is 5. The average Bonchev–Trinajstić information content (AvgIpc) is 3.48. The van der Waals surface area contributed by atoms with Crippen molar-refractivity contribution in [2.45, 2.75) is 33.4 Å². The number of anilines is 3. The quantitative estimate of drug-likeness (QED) is 0.487. The lowest BCUT2D eigenvalue weighted by atomic mass is 10.0. The Hall–Kier alpha value is -3.02. The molecule has 0 unspecified atom stereocenters. The zero-order valence-corrected chi connectivity index (χ0v) is 20.3. The van der Waals surface area contributed by atoms with Crippen molar-refractivity contribution in [1.29, 1.82) is 0 Å². The smallest absolute Gasteiger partial charge is 0.350 e. The molecule has 2 aliphatic rings. The molecule has 3 aromatic heterocycles.